The zero-order chi connectivity index (χ0) is 32.8. The van der Waals surface area contributed by atoms with Crippen LogP contribution in [0.5, 0.6) is 5.75 Å². The molecule has 12 heteroatoms. The number of halogens is 3. The van der Waals surface area contributed by atoms with Crippen molar-refractivity contribution in [3.63, 3.8) is 0 Å². The lowest BCUT2D eigenvalue weighted by atomic mass is 9.71. The molecule has 1 spiro atoms. The number of aromatic nitrogens is 3. The molecule has 0 saturated carbocycles. The van der Waals surface area contributed by atoms with Crippen molar-refractivity contribution in [1.29, 1.82) is 0 Å². The largest absolute Gasteiger partial charge is 0.494 e. The van der Waals surface area contributed by atoms with E-state index in [2.05, 4.69) is 15.2 Å². The van der Waals surface area contributed by atoms with Crippen LogP contribution >= 0.6 is 23.2 Å². The number of pyridine rings is 2. The van der Waals surface area contributed by atoms with E-state index < -0.39 is 29.2 Å². The van der Waals surface area contributed by atoms with Crippen molar-refractivity contribution in [2.75, 3.05) is 11.9 Å². The number of carbonyl (C=O) groups is 2. The number of nitrogens with one attached hydrogen (secondary N) is 1. The number of rotatable bonds is 6. The molecule has 5 heterocycles. The number of benzene rings is 2. The average molecular weight is 689 g/mol. The number of ether oxygens (including phenoxy) is 1. The minimum absolute atomic E-state index is 0. The number of carboxylic acid groups (broad SMARTS) is 1. The highest BCUT2D eigenvalue weighted by molar-refractivity contribution is 6.31. The molecule has 1 amide bonds. The van der Waals surface area contributed by atoms with Gasteiger partial charge in [-0.1, -0.05) is 48.8 Å². The van der Waals surface area contributed by atoms with E-state index in [9.17, 15) is 14.7 Å². The van der Waals surface area contributed by atoms with Gasteiger partial charge < -0.3 is 19.6 Å². The summed E-state index contributed by atoms with van der Waals surface area (Å²) in [6.45, 7) is 4.49. The van der Waals surface area contributed by atoms with Crippen LogP contribution in [0.1, 0.15) is 70.2 Å². The van der Waals surface area contributed by atoms with Gasteiger partial charge in [0, 0.05) is 70.8 Å². The summed E-state index contributed by atoms with van der Waals surface area (Å²) in [6, 6.07) is 15.9. The van der Waals surface area contributed by atoms with Crippen LogP contribution in [0.4, 0.5) is 10.1 Å². The van der Waals surface area contributed by atoms with E-state index in [1.54, 1.807) is 37.4 Å². The molecular formula is C36H32Cl2FN5O4. The Kier molecular flexibility index (Phi) is 7.73. The number of amides is 1. The lowest BCUT2D eigenvalue weighted by molar-refractivity contribution is -0.128. The van der Waals surface area contributed by atoms with Crippen molar-refractivity contribution >= 4 is 46.4 Å². The minimum atomic E-state index is -1.39. The van der Waals surface area contributed by atoms with E-state index in [0.29, 0.717) is 58.5 Å². The van der Waals surface area contributed by atoms with E-state index in [0.717, 1.165) is 11.3 Å². The summed E-state index contributed by atoms with van der Waals surface area (Å²) >= 11 is 12.7. The highest BCUT2D eigenvalue weighted by Gasteiger charge is 2.69. The van der Waals surface area contributed by atoms with Crippen molar-refractivity contribution in [3.05, 3.63) is 122 Å². The van der Waals surface area contributed by atoms with E-state index in [4.69, 9.17) is 32.9 Å². The second kappa shape index (κ2) is 11.6. The van der Waals surface area contributed by atoms with E-state index in [1.165, 1.54) is 6.20 Å². The lowest BCUT2D eigenvalue weighted by Gasteiger charge is -2.40. The number of anilines is 1. The van der Waals surface area contributed by atoms with Crippen LogP contribution in [0.15, 0.2) is 67.0 Å². The number of fused-ring (bicyclic) bond motifs is 7. The molecule has 9 nitrogen and oxygen atoms in total. The third-order valence-corrected chi connectivity index (χ3v) is 10.5. The number of likely N-dealkylation sites (tertiary alicyclic amines) is 1. The van der Waals surface area contributed by atoms with Crippen molar-refractivity contribution in [2.45, 2.75) is 57.7 Å². The molecule has 0 unspecified atom stereocenters. The van der Waals surface area contributed by atoms with Crippen molar-refractivity contribution < 1.29 is 23.8 Å². The Balaban J connectivity index is 0.00000364. The van der Waals surface area contributed by atoms with Gasteiger partial charge in [-0.2, -0.15) is 0 Å². The summed E-state index contributed by atoms with van der Waals surface area (Å²) < 4.78 is 24.1. The van der Waals surface area contributed by atoms with Gasteiger partial charge in [0.2, 0.25) is 5.91 Å². The summed E-state index contributed by atoms with van der Waals surface area (Å²) in [5, 5.41) is 13.0. The first-order valence-corrected chi connectivity index (χ1v) is 16.0. The fourth-order valence-corrected chi connectivity index (χ4v) is 8.55. The van der Waals surface area contributed by atoms with Gasteiger partial charge in [0.05, 0.1) is 17.9 Å². The molecule has 8 rings (SSSR count). The topological polar surface area (TPSA) is 109 Å². The normalized spacial score (nSPS) is 22.4. The molecule has 2 N–H and O–H groups in total. The second-order valence-corrected chi connectivity index (χ2v) is 13.0. The summed E-state index contributed by atoms with van der Waals surface area (Å²) in [6.07, 6.45) is 3.66. The molecule has 48 heavy (non-hydrogen) atoms. The molecule has 5 aromatic rings. The predicted molar refractivity (Wildman–Crippen MR) is 181 cm³/mol. The molecule has 0 radical (unpaired) electrons. The molecule has 3 aliphatic rings. The summed E-state index contributed by atoms with van der Waals surface area (Å²) in [5.74, 6) is -2.62. The van der Waals surface area contributed by atoms with Gasteiger partial charge in [0.25, 0.3) is 0 Å². The zero-order valence-corrected chi connectivity index (χ0v) is 26.8. The van der Waals surface area contributed by atoms with Crippen LogP contribution in [-0.2, 0) is 23.3 Å². The Labute approximate surface area is 286 Å². The van der Waals surface area contributed by atoms with Crippen LogP contribution < -0.4 is 10.1 Å². The standard InChI is InChI=1S/C35H28Cl2FN5O4.CH4/c1-3-47-20-6-4-5-18(13-20)16-43-25-15-26-30(41-32-17(2)21(33(44)45)10-12-42(26)32)27(25)28(22-9-11-39-31(37)29(22)38)35(43)23-8-7-19(36)14-24(23)40-34(35)46;/h4-14,25,27-28H,3,15-16H2,1-2H3,(H,40,46)(H,44,45);1H4/t25-,27+,28-,35+;/m0./s1. The highest BCUT2D eigenvalue weighted by atomic mass is 35.5. The SMILES string of the molecule is C.CCOc1cccc(CN2[C@H]3Cc4c(nc5c(C)c(C(=O)O)ccn45)[C@H]3[C@H](c3ccnc(Cl)c3F)[C@]23C(=O)Nc2cc(Cl)ccc23)c1. The molecule has 1 saturated heterocycles. The molecule has 0 bridgehead atoms. The number of imidazole rings is 1. The number of carboxylic acids is 1. The molecule has 1 aliphatic carbocycles. The van der Waals surface area contributed by atoms with Gasteiger partial charge in [-0.05, 0) is 61.4 Å². The van der Waals surface area contributed by atoms with Crippen molar-refractivity contribution in [2.24, 2.45) is 0 Å². The summed E-state index contributed by atoms with van der Waals surface area (Å²) in [5.41, 5.74) is 3.77. The fraction of sp³-hybridized carbons (Fsp3) is 0.278. The maximum atomic E-state index is 16.3. The highest BCUT2D eigenvalue weighted by Crippen LogP contribution is 2.65. The maximum Gasteiger partial charge on any atom is 0.336 e. The predicted octanol–water partition coefficient (Wildman–Crippen LogP) is 7.37. The zero-order valence-electron chi connectivity index (χ0n) is 25.3. The third kappa shape index (κ3) is 4.39. The average Bonchev–Trinajstić information content (AvgIpc) is 3.73. The molecule has 3 aromatic heterocycles. The molecular weight excluding hydrogens is 656 g/mol. The number of aryl methyl sites for hydroxylation is 1. The van der Waals surface area contributed by atoms with Crippen LogP contribution in [-0.4, -0.2) is 48.9 Å². The Hall–Kier alpha value is -4.51. The third-order valence-electron chi connectivity index (χ3n) is 9.96. The first-order chi connectivity index (χ1) is 22.6. The van der Waals surface area contributed by atoms with Crippen molar-refractivity contribution in [1.82, 2.24) is 19.3 Å². The van der Waals surface area contributed by atoms with Gasteiger partial charge in [-0.3, -0.25) is 9.69 Å². The lowest BCUT2D eigenvalue weighted by Crippen LogP contribution is -2.52. The number of nitrogens with zero attached hydrogens (tertiary/aromatic N) is 4. The molecule has 4 atom stereocenters. The van der Waals surface area contributed by atoms with E-state index >= 15 is 4.39 Å². The fourth-order valence-electron chi connectivity index (χ4n) is 8.21. The maximum absolute atomic E-state index is 16.3. The second-order valence-electron chi connectivity index (χ2n) is 12.2. The molecule has 246 valence electrons. The van der Waals surface area contributed by atoms with Gasteiger partial charge in [-0.15, -0.1) is 0 Å². The molecule has 1 fully saturated rings. The van der Waals surface area contributed by atoms with Crippen LogP contribution in [0.3, 0.4) is 0 Å². The number of hydrogen-bond donors (Lipinski definition) is 2. The Morgan fingerprint density at radius 2 is 2.00 bits per heavy atom. The van der Waals surface area contributed by atoms with Gasteiger partial charge >= 0.3 is 5.97 Å². The monoisotopic (exact) mass is 687 g/mol. The Bertz CT molecular complexity index is 2150. The summed E-state index contributed by atoms with van der Waals surface area (Å²) in [4.78, 5) is 37.9. The molecule has 2 aromatic carbocycles. The minimum Gasteiger partial charge on any atom is -0.494 e. The van der Waals surface area contributed by atoms with E-state index in [-0.39, 0.29) is 35.7 Å². The molecule has 2 aliphatic heterocycles. The van der Waals surface area contributed by atoms with Crippen LogP contribution in [0, 0.1) is 12.7 Å². The number of aromatic carboxylic acids is 1. The van der Waals surface area contributed by atoms with Crippen molar-refractivity contribution in [3.8, 4) is 5.75 Å². The van der Waals surface area contributed by atoms with Crippen LogP contribution in [0.2, 0.25) is 10.2 Å². The Morgan fingerprint density at radius 1 is 1.19 bits per heavy atom. The quantitative estimate of drug-likeness (QED) is 0.179. The number of hydrogen-bond acceptors (Lipinski definition) is 6. The van der Waals surface area contributed by atoms with Gasteiger partial charge in [-0.25, -0.2) is 19.2 Å². The van der Waals surface area contributed by atoms with Gasteiger partial charge in [0.15, 0.2) is 11.0 Å². The smallest absolute Gasteiger partial charge is 0.336 e. The van der Waals surface area contributed by atoms with Crippen LogP contribution in [0.25, 0.3) is 5.65 Å². The number of carbonyl (C=O) groups excluding carboxylic acids is 1. The van der Waals surface area contributed by atoms with Gasteiger partial charge in [0.1, 0.15) is 16.9 Å². The first kappa shape index (κ1) is 32.1. The Morgan fingerprint density at radius 3 is 2.77 bits per heavy atom. The first-order valence-electron chi connectivity index (χ1n) is 15.3. The summed E-state index contributed by atoms with van der Waals surface area (Å²) in [7, 11) is 0. The van der Waals surface area contributed by atoms with E-state index in [1.807, 2.05) is 41.7 Å².